The van der Waals surface area contributed by atoms with Crippen LogP contribution in [0.5, 0.6) is 5.75 Å². The van der Waals surface area contributed by atoms with Gasteiger partial charge in [0.1, 0.15) is 5.75 Å². The van der Waals surface area contributed by atoms with Gasteiger partial charge < -0.3 is 9.64 Å². The van der Waals surface area contributed by atoms with E-state index in [1.54, 1.807) is 47.8 Å². The van der Waals surface area contributed by atoms with Gasteiger partial charge in [0.2, 0.25) is 9.84 Å². The minimum Gasteiger partial charge on any atom is -0.497 e. The van der Waals surface area contributed by atoms with Crippen LogP contribution in [0.1, 0.15) is 15.9 Å². The van der Waals surface area contributed by atoms with Gasteiger partial charge in [-0.1, -0.05) is 12.1 Å². The lowest BCUT2D eigenvalue weighted by molar-refractivity contribution is 0.0707. The van der Waals surface area contributed by atoms with Crippen LogP contribution in [0.3, 0.4) is 0 Å². The molecule has 0 saturated heterocycles. The van der Waals surface area contributed by atoms with Crippen molar-refractivity contribution in [3.05, 3.63) is 71.9 Å². The Morgan fingerprint density at radius 1 is 1.13 bits per heavy atom. The molecule has 9 heteroatoms. The minimum absolute atomic E-state index is 0.0897. The van der Waals surface area contributed by atoms with Crippen LogP contribution in [0.25, 0.3) is 0 Å². The molecule has 30 heavy (non-hydrogen) atoms. The molecule has 0 spiro atoms. The number of rotatable bonds is 6. The molecule has 0 fully saturated rings. The summed E-state index contributed by atoms with van der Waals surface area (Å²) in [7, 11) is -0.651. The number of nitrogens with zero attached hydrogens (tertiary/aromatic N) is 2. The third-order valence-corrected chi connectivity index (χ3v) is 6.34. The lowest BCUT2D eigenvalue weighted by atomic mass is 10.1. The van der Waals surface area contributed by atoms with Crippen LogP contribution in [0, 0.1) is 6.92 Å². The number of benzene rings is 2. The Kier molecular flexibility index (Phi) is 6.04. The summed E-state index contributed by atoms with van der Waals surface area (Å²) in [5, 5.41) is 8.93. The first-order valence-corrected chi connectivity index (χ1v) is 10.4. The molecular formula is C21H21N3O5S. The standard InChI is InChI=1S/C21H21N3O5S/c1-14-5-4-6-18(21(25)23-26)20(14)24(2)15-11-12-22-19(13-15)30(27,28)17-9-7-16(29-3)8-10-17/h4-13,26H,1-3H3,(H,23,25). The van der Waals surface area contributed by atoms with E-state index < -0.39 is 15.7 Å². The van der Waals surface area contributed by atoms with E-state index in [1.807, 2.05) is 13.0 Å². The Morgan fingerprint density at radius 2 is 1.83 bits per heavy atom. The van der Waals surface area contributed by atoms with E-state index in [-0.39, 0.29) is 15.5 Å². The number of hydroxylamine groups is 1. The van der Waals surface area contributed by atoms with Crippen molar-refractivity contribution in [2.24, 2.45) is 0 Å². The van der Waals surface area contributed by atoms with Crippen molar-refractivity contribution in [2.75, 3.05) is 19.1 Å². The maximum atomic E-state index is 13.0. The number of carbonyl (C=O) groups excluding carboxylic acids is 1. The molecule has 3 aromatic rings. The number of ether oxygens (including phenoxy) is 1. The molecule has 0 radical (unpaired) electrons. The highest BCUT2D eigenvalue weighted by Crippen LogP contribution is 2.32. The first-order valence-electron chi connectivity index (χ1n) is 8.92. The van der Waals surface area contributed by atoms with Crippen LogP contribution >= 0.6 is 0 Å². The average molecular weight is 427 g/mol. The molecule has 1 heterocycles. The van der Waals surface area contributed by atoms with E-state index in [0.29, 0.717) is 17.1 Å². The fourth-order valence-electron chi connectivity index (χ4n) is 3.11. The normalized spacial score (nSPS) is 11.1. The van der Waals surface area contributed by atoms with Crippen molar-refractivity contribution in [1.82, 2.24) is 10.5 Å². The summed E-state index contributed by atoms with van der Waals surface area (Å²) in [5.41, 5.74) is 3.70. The van der Waals surface area contributed by atoms with E-state index >= 15 is 0 Å². The number of aryl methyl sites for hydroxylation is 1. The van der Waals surface area contributed by atoms with Crippen LogP contribution in [-0.4, -0.2) is 38.7 Å². The average Bonchev–Trinajstić information content (AvgIpc) is 2.78. The molecule has 156 valence electrons. The second kappa shape index (κ2) is 8.52. The summed E-state index contributed by atoms with van der Waals surface area (Å²) in [6.07, 6.45) is 1.40. The molecule has 0 unspecified atom stereocenters. The highest BCUT2D eigenvalue weighted by molar-refractivity contribution is 7.91. The van der Waals surface area contributed by atoms with Gasteiger partial charge in [-0.3, -0.25) is 10.0 Å². The number of pyridine rings is 1. The number of methoxy groups -OCH3 is 1. The zero-order chi connectivity index (χ0) is 21.9. The van der Waals surface area contributed by atoms with Gasteiger partial charge in [0.25, 0.3) is 5.91 Å². The summed E-state index contributed by atoms with van der Waals surface area (Å²) >= 11 is 0. The minimum atomic E-state index is -3.86. The first-order chi connectivity index (χ1) is 14.3. The predicted octanol–water partition coefficient (Wildman–Crippen LogP) is 3.12. The number of hydrogen-bond acceptors (Lipinski definition) is 7. The summed E-state index contributed by atoms with van der Waals surface area (Å²) in [6.45, 7) is 1.82. The highest BCUT2D eigenvalue weighted by Gasteiger charge is 2.22. The van der Waals surface area contributed by atoms with Gasteiger partial charge in [0.15, 0.2) is 5.03 Å². The predicted molar refractivity (Wildman–Crippen MR) is 111 cm³/mol. The molecule has 0 aliphatic rings. The molecule has 1 aromatic heterocycles. The Hall–Kier alpha value is -3.43. The smallest absolute Gasteiger partial charge is 0.276 e. The molecule has 0 saturated carbocycles. The molecule has 2 N–H and O–H groups in total. The van der Waals surface area contributed by atoms with Gasteiger partial charge in [-0.25, -0.2) is 18.9 Å². The van der Waals surface area contributed by atoms with Crippen LogP contribution in [0.15, 0.2) is 70.7 Å². The molecule has 1 amide bonds. The number of anilines is 2. The number of para-hydroxylation sites is 1. The van der Waals surface area contributed by atoms with E-state index in [2.05, 4.69) is 4.98 Å². The van der Waals surface area contributed by atoms with E-state index in [4.69, 9.17) is 9.94 Å². The SMILES string of the molecule is COc1ccc(S(=O)(=O)c2cc(N(C)c3c(C)cccc3C(=O)NO)ccn2)cc1. The molecule has 3 rings (SSSR count). The third-order valence-electron chi connectivity index (χ3n) is 4.67. The van der Waals surface area contributed by atoms with E-state index in [9.17, 15) is 13.2 Å². The number of nitrogens with one attached hydrogen (secondary N) is 1. The first kappa shape index (κ1) is 21.3. The van der Waals surface area contributed by atoms with E-state index in [1.165, 1.54) is 31.5 Å². The Morgan fingerprint density at radius 3 is 2.47 bits per heavy atom. The number of amides is 1. The summed E-state index contributed by atoms with van der Waals surface area (Å²) < 4.78 is 31.1. The number of carbonyl (C=O) groups is 1. The van der Waals surface area contributed by atoms with Gasteiger partial charge in [0.05, 0.1) is 23.3 Å². The van der Waals surface area contributed by atoms with Gasteiger partial charge in [0, 0.05) is 18.9 Å². The topological polar surface area (TPSA) is 109 Å². The maximum Gasteiger partial charge on any atom is 0.276 e. The molecule has 8 nitrogen and oxygen atoms in total. The maximum absolute atomic E-state index is 13.0. The van der Waals surface area contributed by atoms with Crippen LogP contribution in [-0.2, 0) is 9.84 Å². The van der Waals surface area contributed by atoms with Gasteiger partial charge in [-0.15, -0.1) is 0 Å². The zero-order valence-electron chi connectivity index (χ0n) is 16.7. The Bertz CT molecular complexity index is 1180. The molecule has 0 aliphatic carbocycles. The molecule has 0 bridgehead atoms. The lowest BCUT2D eigenvalue weighted by Crippen LogP contribution is -2.23. The number of hydrogen-bond donors (Lipinski definition) is 2. The van der Waals surface area contributed by atoms with Crippen molar-refractivity contribution in [3.63, 3.8) is 0 Å². The summed E-state index contributed by atoms with van der Waals surface area (Å²) in [6, 6.07) is 14.2. The fraction of sp³-hybridized carbons (Fsp3) is 0.143. The third kappa shape index (κ3) is 3.98. The van der Waals surface area contributed by atoms with Gasteiger partial charge >= 0.3 is 0 Å². The van der Waals surface area contributed by atoms with Crippen LogP contribution in [0.4, 0.5) is 11.4 Å². The number of aromatic nitrogens is 1. The molecule has 2 aromatic carbocycles. The van der Waals surface area contributed by atoms with Crippen molar-refractivity contribution in [2.45, 2.75) is 16.8 Å². The largest absolute Gasteiger partial charge is 0.497 e. The second-order valence-corrected chi connectivity index (χ2v) is 8.40. The monoisotopic (exact) mass is 427 g/mol. The zero-order valence-corrected chi connectivity index (χ0v) is 17.5. The van der Waals surface area contributed by atoms with Crippen molar-refractivity contribution < 1.29 is 23.2 Å². The molecule has 0 atom stereocenters. The fourth-order valence-corrected chi connectivity index (χ4v) is 4.32. The van der Waals surface area contributed by atoms with Crippen molar-refractivity contribution in [1.29, 1.82) is 0 Å². The van der Waals surface area contributed by atoms with Crippen LogP contribution < -0.4 is 15.1 Å². The molecular weight excluding hydrogens is 406 g/mol. The van der Waals surface area contributed by atoms with E-state index in [0.717, 1.165) is 5.56 Å². The van der Waals surface area contributed by atoms with Crippen molar-refractivity contribution >= 4 is 27.1 Å². The summed E-state index contributed by atoms with van der Waals surface area (Å²) in [5.74, 6) is -0.120. The number of sulfone groups is 1. The van der Waals surface area contributed by atoms with Crippen molar-refractivity contribution in [3.8, 4) is 5.75 Å². The van der Waals surface area contributed by atoms with Gasteiger partial charge in [-0.2, -0.15) is 0 Å². The van der Waals surface area contributed by atoms with Crippen LogP contribution in [0.2, 0.25) is 0 Å². The highest BCUT2D eigenvalue weighted by atomic mass is 32.2. The lowest BCUT2D eigenvalue weighted by Gasteiger charge is -2.24. The quantitative estimate of drug-likeness (QED) is 0.459. The molecule has 0 aliphatic heterocycles. The Labute approximate surface area is 174 Å². The van der Waals surface area contributed by atoms with Gasteiger partial charge in [-0.05, 0) is 55.0 Å². The Balaban J connectivity index is 2.05. The second-order valence-electron chi connectivity index (χ2n) is 6.50. The summed E-state index contributed by atoms with van der Waals surface area (Å²) in [4.78, 5) is 17.9.